The van der Waals surface area contributed by atoms with E-state index in [4.69, 9.17) is 0 Å². The standard InChI is InChI=1S/C14H16F2N4O/c1-17-13(10-7-19-20(2)8-10)14(21)18-6-9-3-4-11(15)5-12(9)16/h3-5,7-8,13,17H,6H2,1-2H3,(H,18,21). The van der Waals surface area contributed by atoms with Crippen LogP contribution in [0.2, 0.25) is 0 Å². The molecule has 5 nitrogen and oxygen atoms in total. The Morgan fingerprint density at radius 1 is 1.43 bits per heavy atom. The highest BCUT2D eigenvalue weighted by atomic mass is 19.1. The van der Waals surface area contributed by atoms with Gasteiger partial charge in [0.1, 0.15) is 17.7 Å². The van der Waals surface area contributed by atoms with Crippen molar-refractivity contribution in [2.45, 2.75) is 12.6 Å². The first-order valence-electron chi connectivity index (χ1n) is 6.38. The number of halogens is 2. The minimum atomic E-state index is -0.683. The van der Waals surface area contributed by atoms with Gasteiger partial charge in [-0.2, -0.15) is 5.10 Å². The summed E-state index contributed by atoms with van der Waals surface area (Å²) in [5.74, 6) is -1.64. The van der Waals surface area contributed by atoms with Crippen molar-refractivity contribution in [3.63, 3.8) is 0 Å². The number of likely N-dealkylation sites (N-methyl/N-ethyl adjacent to an activating group) is 1. The third kappa shape index (κ3) is 3.63. The lowest BCUT2D eigenvalue weighted by Crippen LogP contribution is -2.35. The van der Waals surface area contributed by atoms with Gasteiger partial charge >= 0.3 is 0 Å². The van der Waals surface area contributed by atoms with Gasteiger partial charge in [0, 0.05) is 37.0 Å². The van der Waals surface area contributed by atoms with E-state index in [9.17, 15) is 13.6 Å². The maximum absolute atomic E-state index is 13.5. The van der Waals surface area contributed by atoms with Crippen LogP contribution in [0.25, 0.3) is 0 Å². The number of hydrogen-bond acceptors (Lipinski definition) is 3. The molecule has 2 N–H and O–H groups in total. The molecule has 0 saturated heterocycles. The van der Waals surface area contributed by atoms with Crippen molar-refractivity contribution in [3.05, 3.63) is 53.4 Å². The Morgan fingerprint density at radius 2 is 2.19 bits per heavy atom. The molecule has 2 aromatic rings. The third-order valence-corrected chi connectivity index (χ3v) is 3.08. The van der Waals surface area contributed by atoms with Gasteiger partial charge in [-0.1, -0.05) is 6.07 Å². The first-order chi connectivity index (χ1) is 10.0. The molecule has 1 aromatic heterocycles. The highest BCUT2D eigenvalue weighted by Gasteiger charge is 2.20. The lowest BCUT2D eigenvalue weighted by atomic mass is 10.1. The molecule has 0 aliphatic rings. The second kappa shape index (κ2) is 6.45. The number of nitrogens with zero attached hydrogens (tertiary/aromatic N) is 2. The zero-order valence-corrected chi connectivity index (χ0v) is 11.7. The Morgan fingerprint density at radius 3 is 2.76 bits per heavy atom. The largest absolute Gasteiger partial charge is 0.350 e. The zero-order chi connectivity index (χ0) is 15.4. The zero-order valence-electron chi connectivity index (χ0n) is 11.7. The van der Waals surface area contributed by atoms with E-state index in [2.05, 4.69) is 15.7 Å². The van der Waals surface area contributed by atoms with Gasteiger partial charge in [0.25, 0.3) is 0 Å². The van der Waals surface area contributed by atoms with Gasteiger partial charge in [-0.05, 0) is 13.1 Å². The fourth-order valence-corrected chi connectivity index (χ4v) is 1.99. The first-order valence-corrected chi connectivity index (χ1v) is 6.38. The molecule has 21 heavy (non-hydrogen) atoms. The molecule has 7 heteroatoms. The maximum atomic E-state index is 13.5. The quantitative estimate of drug-likeness (QED) is 0.873. The van der Waals surface area contributed by atoms with Crippen molar-refractivity contribution < 1.29 is 13.6 Å². The van der Waals surface area contributed by atoms with Gasteiger partial charge in [-0.15, -0.1) is 0 Å². The van der Waals surface area contributed by atoms with E-state index in [0.29, 0.717) is 5.56 Å². The molecule has 0 aliphatic carbocycles. The molecule has 2 rings (SSSR count). The molecule has 0 fully saturated rings. The van der Waals surface area contributed by atoms with E-state index < -0.39 is 17.7 Å². The molecule has 1 unspecified atom stereocenters. The molecule has 112 valence electrons. The molecule has 1 amide bonds. The number of amides is 1. The van der Waals surface area contributed by atoms with Crippen LogP contribution < -0.4 is 10.6 Å². The Bertz CT molecular complexity index is 642. The van der Waals surface area contributed by atoms with E-state index in [-0.39, 0.29) is 18.0 Å². The smallest absolute Gasteiger partial charge is 0.242 e. The average Bonchev–Trinajstić information content (AvgIpc) is 2.85. The number of carbonyl (C=O) groups excluding carboxylic acids is 1. The Kier molecular flexibility index (Phi) is 4.64. The van der Waals surface area contributed by atoms with Gasteiger partial charge in [-0.3, -0.25) is 9.48 Å². The van der Waals surface area contributed by atoms with Crippen LogP contribution in [0.5, 0.6) is 0 Å². The van der Waals surface area contributed by atoms with E-state index in [1.165, 1.54) is 6.07 Å². The second-order valence-corrected chi connectivity index (χ2v) is 4.62. The van der Waals surface area contributed by atoms with Gasteiger partial charge < -0.3 is 10.6 Å². The number of benzene rings is 1. The van der Waals surface area contributed by atoms with Crippen molar-refractivity contribution >= 4 is 5.91 Å². The van der Waals surface area contributed by atoms with Crippen LogP contribution in [-0.4, -0.2) is 22.7 Å². The Labute approximate surface area is 121 Å². The minimum Gasteiger partial charge on any atom is -0.350 e. The number of carbonyl (C=O) groups is 1. The number of nitrogens with one attached hydrogen (secondary N) is 2. The lowest BCUT2D eigenvalue weighted by molar-refractivity contribution is -0.123. The molecule has 0 saturated carbocycles. The molecule has 1 heterocycles. The third-order valence-electron chi connectivity index (χ3n) is 3.08. The van der Waals surface area contributed by atoms with Crippen LogP contribution in [0.3, 0.4) is 0 Å². The van der Waals surface area contributed by atoms with Crippen LogP contribution in [-0.2, 0) is 18.4 Å². The van der Waals surface area contributed by atoms with E-state index in [0.717, 1.165) is 12.1 Å². The lowest BCUT2D eigenvalue weighted by Gasteiger charge is -2.14. The summed E-state index contributed by atoms with van der Waals surface area (Å²) < 4.78 is 27.9. The van der Waals surface area contributed by atoms with Gasteiger partial charge in [0.15, 0.2) is 0 Å². The number of rotatable bonds is 5. The Balaban J connectivity index is 2.03. The summed E-state index contributed by atoms with van der Waals surface area (Å²) in [6.45, 7) is -0.0105. The van der Waals surface area contributed by atoms with Crippen molar-refractivity contribution in [3.8, 4) is 0 Å². The second-order valence-electron chi connectivity index (χ2n) is 4.62. The molecular formula is C14H16F2N4O. The van der Waals surface area contributed by atoms with Gasteiger partial charge in [0.2, 0.25) is 5.91 Å². The number of hydrogen-bond donors (Lipinski definition) is 2. The molecule has 0 bridgehead atoms. The molecular weight excluding hydrogens is 278 g/mol. The molecule has 1 atom stereocenters. The topological polar surface area (TPSA) is 59.0 Å². The summed E-state index contributed by atoms with van der Waals surface area (Å²) in [4.78, 5) is 12.1. The summed E-state index contributed by atoms with van der Waals surface area (Å²) >= 11 is 0. The predicted octanol–water partition coefficient (Wildman–Crippen LogP) is 1.28. The minimum absolute atomic E-state index is 0.0105. The summed E-state index contributed by atoms with van der Waals surface area (Å²) in [7, 11) is 3.40. The normalized spacial score (nSPS) is 12.2. The molecule has 0 aliphatic heterocycles. The molecule has 0 radical (unpaired) electrons. The van der Waals surface area contributed by atoms with E-state index >= 15 is 0 Å². The average molecular weight is 294 g/mol. The SMILES string of the molecule is CNC(C(=O)NCc1ccc(F)cc1F)c1cnn(C)c1. The number of aryl methyl sites for hydroxylation is 1. The molecule has 0 spiro atoms. The van der Waals surface area contributed by atoms with Crippen LogP contribution in [0.4, 0.5) is 8.78 Å². The van der Waals surface area contributed by atoms with Gasteiger partial charge in [0.05, 0.1) is 6.20 Å². The predicted molar refractivity (Wildman–Crippen MR) is 73.2 cm³/mol. The van der Waals surface area contributed by atoms with Crippen LogP contribution >= 0.6 is 0 Å². The van der Waals surface area contributed by atoms with Crippen LogP contribution in [0.1, 0.15) is 17.2 Å². The molecule has 1 aromatic carbocycles. The van der Waals surface area contributed by atoms with Crippen LogP contribution in [0, 0.1) is 11.6 Å². The highest BCUT2D eigenvalue weighted by molar-refractivity contribution is 5.83. The number of aromatic nitrogens is 2. The van der Waals surface area contributed by atoms with Crippen molar-refractivity contribution in [2.75, 3.05) is 7.05 Å². The summed E-state index contributed by atoms with van der Waals surface area (Å²) in [6.07, 6.45) is 3.30. The van der Waals surface area contributed by atoms with Crippen molar-refractivity contribution in [1.82, 2.24) is 20.4 Å². The van der Waals surface area contributed by atoms with E-state index in [1.807, 2.05) is 0 Å². The summed E-state index contributed by atoms with van der Waals surface area (Å²) in [5.41, 5.74) is 0.933. The first kappa shape index (κ1) is 15.1. The van der Waals surface area contributed by atoms with E-state index in [1.54, 1.807) is 31.2 Å². The van der Waals surface area contributed by atoms with Crippen LogP contribution in [0.15, 0.2) is 30.6 Å². The van der Waals surface area contributed by atoms with Gasteiger partial charge in [-0.25, -0.2) is 8.78 Å². The Hall–Kier alpha value is -2.28. The fraction of sp³-hybridized carbons (Fsp3) is 0.286. The fourth-order valence-electron chi connectivity index (χ4n) is 1.99. The summed E-state index contributed by atoms with van der Waals surface area (Å²) in [6, 6.07) is 2.67. The van der Waals surface area contributed by atoms with Crippen molar-refractivity contribution in [1.29, 1.82) is 0 Å². The highest BCUT2D eigenvalue weighted by Crippen LogP contribution is 2.13. The van der Waals surface area contributed by atoms with Crippen molar-refractivity contribution in [2.24, 2.45) is 7.05 Å². The summed E-state index contributed by atoms with van der Waals surface area (Å²) in [5, 5.41) is 9.49. The monoisotopic (exact) mass is 294 g/mol. The maximum Gasteiger partial charge on any atom is 0.242 e.